The van der Waals surface area contributed by atoms with Crippen molar-refractivity contribution in [1.29, 1.82) is 0 Å². The van der Waals surface area contributed by atoms with Crippen molar-refractivity contribution in [3.05, 3.63) is 36.4 Å². The van der Waals surface area contributed by atoms with Gasteiger partial charge in [0.25, 0.3) is 0 Å². The maximum atomic E-state index is 11.6. The number of carbonyl (C=O) groups excluding carboxylic acids is 1. The minimum atomic E-state index is -0.630. The van der Waals surface area contributed by atoms with Gasteiger partial charge in [-0.15, -0.1) is 6.58 Å². The molecule has 0 aliphatic carbocycles. The normalized spacial score (nSPS) is 8.92. The van der Waals surface area contributed by atoms with Crippen LogP contribution in [0.25, 0.3) is 0 Å². The zero-order valence-corrected chi connectivity index (χ0v) is 13.9. The van der Waals surface area contributed by atoms with E-state index in [9.17, 15) is 4.79 Å². The second-order valence-corrected chi connectivity index (χ2v) is 4.39. The van der Waals surface area contributed by atoms with Gasteiger partial charge in [0.05, 0.1) is 0 Å². The molecule has 5 N–H and O–H groups in total. The van der Waals surface area contributed by atoms with Crippen LogP contribution in [-0.4, -0.2) is 25.9 Å². The Hall–Kier alpha value is -3.53. The lowest BCUT2D eigenvalue weighted by Crippen LogP contribution is -2.25. The molecular weight excluding hydrogens is 342 g/mol. The number of carbonyl (C=O) groups is 1. The number of nitrogens with one attached hydrogen (secondary N) is 1. The highest BCUT2D eigenvalue weighted by Gasteiger charge is 2.06. The average molecular weight is 361 g/mol. The first-order chi connectivity index (χ1) is 12.7. The van der Waals surface area contributed by atoms with Gasteiger partial charge in [0.15, 0.2) is 0 Å². The van der Waals surface area contributed by atoms with E-state index < -0.39 is 6.09 Å². The van der Waals surface area contributed by atoms with Gasteiger partial charge in [0.2, 0.25) is 0 Å². The van der Waals surface area contributed by atoms with Crippen LogP contribution in [-0.2, 0) is 21.1 Å². The number of hydrogen-bond acceptors (Lipinski definition) is 8. The summed E-state index contributed by atoms with van der Waals surface area (Å²) < 4.78 is 15.1. The highest BCUT2D eigenvalue weighted by Crippen LogP contribution is 2.22. The summed E-state index contributed by atoms with van der Waals surface area (Å²) in [6.45, 7) is 3.97. The molecule has 1 rings (SSSR count). The monoisotopic (exact) mass is 361 g/mol. The Bertz CT molecular complexity index is 674. The van der Waals surface area contributed by atoms with Crippen LogP contribution in [0.3, 0.4) is 0 Å². The molecule has 0 bridgehead atoms. The van der Waals surface area contributed by atoms with Crippen LogP contribution in [0.15, 0.2) is 30.9 Å². The maximum absolute atomic E-state index is 11.6. The van der Waals surface area contributed by atoms with Gasteiger partial charge < -0.3 is 31.0 Å². The first-order valence-corrected chi connectivity index (χ1v) is 7.34. The molecule has 0 aliphatic rings. The van der Waals surface area contributed by atoms with Gasteiger partial charge in [-0.2, -0.15) is 0 Å². The summed E-state index contributed by atoms with van der Waals surface area (Å²) in [6.07, 6.45) is 5.41. The number of hydrogen-bond donors (Lipinski definition) is 3. The lowest BCUT2D eigenvalue weighted by Gasteiger charge is -2.09. The molecular formula is C17H19N3O6. The van der Waals surface area contributed by atoms with Gasteiger partial charge in [-0.25, -0.2) is 14.6 Å². The van der Waals surface area contributed by atoms with E-state index in [1.807, 2.05) is 0 Å². The van der Waals surface area contributed by atoms with Gasteiger partial charge in [0.1, 0.15) is 43.5 Å². The first-order valence-electron chi connectivity index (χ1n) is 7.34. The Morgan fingerprint density at radius 1 is 1.08 bits per heavy atom. The predicted octanol–water partition coefficient (Wildman–Crippen LogP) is 0.559. The van der Waals surface area contributed by atoms with Gasteiger partial charge in [-0.3, -0.25) is 0 Å². The molecule has 1 amide bonds. The largest absolute Gasteiger partial charge is 0.447 e. The summed E-state index contributed by atoms with van der Waals surface area (Å²) in [6, 6.07) is 9.04. The Balaban J connectivity index is 2.52. The van der Waals surface area contributed by atoms with Crippen molar-refractivity contribution in [3.63, 3.8) is 0 Å². The van der Waals surface area contributed by atoms with E-state index in [0.29, 0.717) is 17.1 Å². The molecule has 26 heavy (non-hydrogen) atoms. The third kappa shape index (κ3) is 8.93. The van der Waals surface area contributed by atoms with Gasteiger partial charge in [0, 0.05) is 24.7 Å². The number of amides is 1. The molecule has 0 unspecified atom stereocenters. The zero-order valence-electron chi connectivity index (χ0n) is 13.9. The fraction of sp³-hybridized carbons (Fsp3) is 0.235. The molecule has 0 heterocycles. The Labute approximate surface area is 151 Å². The topological polar surface area (TPSA) is 127 Å². The second-order valence-electron chi connectivity index (χ2n) is 4.39. The van der Waals surface area contributed by atoms with Crippen LogP contribution >= 0.6 is 0 Å². The predicted molar refractivity (Wildman–Crippen MR) is 91.9 cm³/mol. The quantitative estimate of drug-likeness (QED) is 0.138. The van der Waals surface area contributed by atoms with E-state index in [0.717, 1.165) is 0 Å². The van der Waals surface area contributed by atoms with E-state index in [1.165, 1.54) is 12.1 Å². The van der Waals surface area contributed by atoms with Crippen molar-refractivity contribution < 1.29 is 28.8 Å². The van der Waals surface area contributed by atoms with Crippen molar-refractivity contribution in [2.45, 2.75) is 6.54 Å². The van der Waals surface area contributed by atoms with Gasteiger partial charge in [-0.05, 0) is 17.7 Å². The summed E-state index contributed by atoms with van der Waals surface area (Å²) in [5.74, 6) is 0.717. The van der Waals surface area contributed by atoms with Crippen molar-refractivity contribution in [2.24, 2.45) is 11.5 Å². The van der Waals surface area contributed by atoms with Crippen molar-refractivity contribution in [3.8, 4) is 35.8 Å². The summed E-state index contributed by atoms with van der Waals surface area (Å²) >= 11 is 0. The number of nitrogens with two attached hydrogens (primary N) is 2. The number of benzene rings is 1. The third-order valence-electron chi connectivity index (χ3n) is 2.50. The minimum absolute atomic E-state index is 0.0265. The lowest BCUT2D eigenvalue weighted by atomic mass is 10.2. The molecule has 138 valence electrons. The highest BCUT2D eigenvalue weighted by molar-refractivity contribution is 5.67. The molecule has 0 atom stereocenters. The molecule has 0 saturated carbocycles. The lowest BCUT2D eigenvalue weighted by molar-refractivity contribution is -0.289. The second kappa shape index (κ2) is 12.8. The number of rotatable bonds is 10. The van der Waals surface area contributed by atoms with Crippen LogP contribution < -0.4 is 26.3 Å². The van der Waals surface area contributed by atoms with Gasteiger partial charge in [-0.1, -0.05) is 6.08 Å². The molecule has 0 aromatic heterocycles. The molecule has 0 radical (unpaired) electrons. The zero-order chi connectivity index (χ0) is 19.0. The third-order valence-corrected chi connectivity index (χ3v) is 2.50. The maximum Gasteiger partial charge on any atom is 0.407 e. The van der Waals surface area contributed by atoms with Crippen LogP contribution in [0.5, 0.6) is 11.5 Å². The molecule has 9 nitrogen and oxygen atoms in total. The summed E-state index contributed by atoms with van der Waals surface area (Å²) in [4.78, 5) is 21.1. The van der Waals surface area contributed by atoms with E-state index in [2.05, 4.69) is 41.1 Å². The van der Waals surface area contributed by atoms with Crippen molar-refractivity contribution in [1.82, 2.24) is 5.32 Å². The standard InChI is InChI=1S/C17H19N3O6/c1-2-5-25-26-9-8-24-17(21)20-13-14-10-15(22-6-3-18)12-16(11-14)23-7-4-19/h2,10-12H,1,5,8-9,13,18-19H2,(H,20,21). The SMILES string of the molecule is C=CCOOCCOC(=O)NCc1cc(OC#CN)cc(OC#CN)c1. The van der Waals surface area contributed by atoms with Crippen molar-refractivity contribution in [2.75, 3.05) is 19.8 Å². The van der Waals surface area contributed by atoms with Gasteiger partial charge >= 0.3 is 6.09 Å². The Morgan fingerprint density at radius 2 is 1.73 bits per heavy atom. The minimum Gasteiger partial charge on any atom is -0.447 e. The summed E-state index contributed by atoms with van der Waals surface area (Å²) in [5, 5.41) is 2.56. The molecule has 0 saturated heterocycles. The highest BCUT2D eigenvalue weighted by atomic mass is 17.2. The molecule has 1 aromatic carbocycles. The average Bonchev–Trinajstić information content (AvgIpc) is 2.65. The van der Waals surface area contributed by atoms with Crippen LogP contribution in [0.1, 0.15) is 5.56 Å². The first kappa shape index (κ1) is 20.5. The Kier molecular flexibility index (Phi) is 10.1. The van der Waals surface area contributed by atoms with Crippen LogP contribution in [0.4, 0.5) is 4.79 Å². The molecule has 0 fully saturated rings. The molecule has 1 aromatic rings. The van der Waals surface area contributed by atoms with Crippen molar-refractivity contribution >= 4 is 6.09 Å². The van der Waals surface area contributed by atoms with E-state index in [4.69, 9.17) is 30.6 Å². The molecule has 9 heteroatoms. The van der Waals surface area contributed by atoms with E-state index >= 15 is 0 Å². The summed E-state index contributed by atoms with van der Waals surface area (Å²) in [7, 11) is 0. The van der Waals surface area contributed by atoms with Crippen LogP contribution in [0.2, 0.25) is 0 Å². The Morgan fingerprint density at radius 3 is 2.31 bits per heavy atom. The number of ether oxygens (including phenoxy) is 3. The number of alkyl carbamates (subject to hydrolysis) is 1. The molecule has 0 spiro atoms. The van der Waals surface area contributed by atoms with Crippen LogP contribution in [0, 0.1) is 24.3 Å². The van der Waals surface area contributed by atoms with E-state index in [1.54, 1.807) is 12.1 Å². The van der Waals surface area contributed by atoms with E-state index in [-0.39, 0.29) is 26.4 Å². The summed E-state index contributed by atoms with van der Waals surface area (Å²) in [5.41, 5.74) is 10.8. The fourth-order valence-corrected chi connectivity index (χ4v) is 1.58. The smallest absolute Gasteiger partial charge is 0.407 e. The molecule has 0 aliphatic heterocycles. The fourth-order valence-electron chi connectivity index (χ4n) is 1.58.